The van der Waals surface area contributed by atoms with E-state index in [4.69, 9.17) is 4.74 Å². The highest BCUT2D eigenvalue weighted by Gasteiger charge is 2.12. The maximum atomic E-state index is 6.05. The molecule has 2 heteroatoms. The average molecular weight is 288 g/mol. The van der Waals surface area contributed by atoms with Gasteiger partial charge in [-0.1, -0.05) is 24.3 Å². The number of para-hydroxylation sites is 1. The minimum absolute atomic E-state index is 0.836. The van der Waals surface area contributed by atoms with Crippen molar-refractivity contribution in [2.75, 3.05) is 26.2 Å². The molecular weight excluding hydrogens is 258 g/mol. The van der Waals surface area contributed by atoms with E-state index in [1.165, 1.54) is 56.4 Å². The number of nitrogens with one attached hydrogen (secondary N) is 1. The van der Waals surface area contributed by atoms with Gasteiger partial charge in [0.25, 0.3) is 0 Å². The predicted molar refractivity (Wildman–Crippen MR) is 89.2 cm³/mol. The van der Waals surface area contributed by atoms with E-state index < -0.39 is 0 Å². The molecule has 0 spiro atoms. The van der Waals surface area contributed by atoms with Crippen molar-refractivity contribution in [2.24, 2.45) is 0 Å². The van der Waals surface area contributed by atoms with E-state index in [0.29, 0.717) is 0 Å². The molecule has 0 unspecified atom stereocenters. The second-order valence-corrected chi connectivity index (χ2v) is 6.17. The van der Waals surface area contributed by atoms with Crippen LogP contribution in [0.2, 0.25) is 0 Å². The molecule has 1 heterocycles. The summed E-state index contributed by atoms with van der Waals surface area (Å²) in [5, 5.41) is 0. The summed E-state index contributed by atoms with van der Waals surface area (Å²) in [6.07, 6.45) is 9.53. The van der Waals surface area contributed by atoms with Crippen molar-refractivity contribution in [1.82, 2.24) is 0 Å². The Morgan fingerprint density at radius 2 is 2.00 bits per heavy atom. The van der Waals surface area contributed by atoms with Crippen molar-refractivity contribution in [1.29, 1.82) is 0 Å². The Labute approximate surface area is 129 Å². The Hall–Kier alpha value is -1.28. The number of allylic oxidation sites excluding steroid dienone is 1. The van der Waals surface area contributed by atoms with Crippen molar-refractivity contribution in [3.05, 3.63) is 42.0 Å². The molecule has 2 nitrogen and oxygen atoms in total. The number of rotatable bonds is 8. The minimum atomic E-state index is 0.836. The molecule has 1 aromatic carbocycles. The summed E-state index contributed by atoms with van der Waals surface area (Å²) in [5.41, 5.74) is 2.49. The number of piperidine rings is 1. The fourth-order valence-corrected chi connectivity index (χ4v) is 3.19. The Balaban J connectivity index is 1.71. The first kappa shape index (κ1) is 16.1. The lowest BCUT2D eigenvalue weighted by Gasteiger charge is -2.23. The molecule has 0 aliphatic carbocycles. The smallest absolute Gasteiger partial charge is 0.125 e. The highest BCUT2D eigenvalue weighted by molar-refractivity contribution is 5.41. The number of likely N-dealkylation sites (tertiary alicyclic amines) is 1. The number of quaternary nitrogens is 1. The number of aryl methyl sites for hydroxylation is 1. The first-order valence-corrected chi connectivity index (χ1v) is 8.47. The van der Waals surface area contributed by atoms with E-state index >= 15 is 0 Å². The van der Waals surface area contributed by atoms with Crippen LogP contribution in [-0.4, -0.2) is 26.2 Å². The fourth-order valence-electron chi connectivity index (χ4n) is 3.19. The number of ether oxygens (including phenoxy) is 1. The summed E-state index contributed by atoms with van der Waals surface area (Å²) in [6, 6.07) is 6.36. The van der Waals surface area contributed by atoms with E-state index in [1.807, 2.05) is 6.08 Å². The number of benzene rings is 1. The number of hydrogen-bond donors (Lipinski definition) is 1. The number of hydrogen-bond acceptors (Lipinski definition) is 1. The minimum Gasteiger partial charge on any atom is -0.493 e. The number of unbranched alkanes of at least 4 members (excludes halogenated alkanes) is 1. The second-order valence-electron chi connectivity index (χ2n) is 6.17. The quantitative estimate of drug-likeness (QED) is 0.573. The van der Waals surface area contributed by atoms with Crippen LogP contribution in [-0.2, 0) is 6.42 Å². The van der Waals surface area contributed by atoms with Crippen LogP contribution in [0.5, 0.6) is 5.75 Å². The fraction of sp³-hybridized carbons (Fsp3) is 0.579. The molecule has 1 N–H and O–H groups in total. The molecule has 0 amide bonds. The van der Waals surface area contributed by atoms with Crippen LogP contribution in [0.1, 0.15) is 43.2 Å². The molecule has 1 aliphatic rings. The van der Waals surface area contributed by atoms with E-state index in [0.717, 1.165) is 25.2 Å². The molecule has 0 atom stereocenters. The van der Waals surface area contributed by atoms with Gasteiger partial charge >= 0.3 is 0 Å². The van der Waals surface area contributed by atoms with E-state index in [2.05, 4.69) is 31.7 Å². The van der Waals surface area contributed by atoms with Crippen molar-refractivity contribution >= 4 is 0 Å². The van der Waals surface area contributed by atoms with Crippen LogP contribution in [0.25, 0.3) is 0 Å². The van der Waals surface area contributed by atoms with Crippen LogP contribution in [0.15, 0.2) is 30.9 Å². The topological polar surface area (TPSA) is 13.7 Å². The summed E-state index contributed by atoms with van der Waals surface area (Å²) < 4.78 is 6.05. The summed E-state index contributed by atoms with van der Waals surface area (Å²) in [4.78, 5) is 1.80. The molecular formula is C19H30NO+. The van der Waals surface area contributed by atoms with Gasteiger partial charge in [-0.3, -0.25) is 0 Å². The van der Waals surface area contributed by atoms with Gasteiger partial charge in [0, 0.05) is 0 Å². The third-order valence-electron chi connectivity index (χ3n) is 4.39. The van der Waals surface area contributed by atoms with Crippen LogP contribution in [0.3, 0.4) is 0 Å². The molecule has 116 valence electrons. The lowest BCUT2D eigenvalue weighted by atomic mass is 10.1. The first-order valence-electron chi connectivity index (χ1n) is 8.47. The molecule has 0 aromatic heterocycles. The van der Waals surface area contributed by atoms with Gasteiger partial charge in [-0.25, -0.2) is 0 Å². The van der Waals surface area contributed by atoms with Crippen LogP contribution >= 0.6 is 0 Å². The van der Waals surface area contributed by atoms with E-state index in [-0.39, 0.29) is 0 Å². The summed E-state index contributed by atoms with van der Waals surface area (Å²) in [7, 11) is 0. The maximum absolute atomic E-state index is 6.05. The van der Waals surface area contributed by atoms with Crippen LogP contribution in [0.4, 0.5) is 0 Å². The SMILES string of the molecule is C=CCc1cccc(C)c1OCCCC[NH+]1CCCCC1. The van der Waals surface area contributed by atoms with Gasteiger partial charge in [-0.05, 0) is 56.6 Å². The van der Waals surface area contributed by atoms with Crippen LogP contribution < -0.4 is 9.64 Å². The Kier molecular flexibility index (Phi) is 6.81. The standard InChI is InChI=1S/C19H29NO/c1-3-10-18-12-9-11-17(2)19(18)21-16-8-7-15-20-13-5-4-6-14-20/h3,9,11-12H,1,4-8,10,13-16H2,2H3/p+1. The van der Waals surface area contributed by atoms with Crippen molar-refractivity contribution in [3.63, 3.8) is 0 Å². The molecule has 1 aliphatic heterocycles. The zero-order valence-electron chi connectivity index (χ0n) is 13.5. The molecule has 0 bridgehead atoms. The van der Waals surface area contributed by atoms with Gasteiger partial charge in [0.05, 0.1) is 26.2 Å². The Bertz CT molecular complexity index is 435. The highest BCUT2D eigenvalue weighted by Crippen LogP contribution is 2.24. The molecule has 1 saturated heterocycles. The summed E-state index contributed by atoms with van der Waals surface area (Å²) in [5.74, 6) is 1.07. The molecule has 2 rings (SSSR count). The first-order chi connectivity index (χ1) is 10.3. The Morgan fingerprint density at radius 3 is 2.76 bits per heavy atom. The zero-order chi connectivity index (χ0) is 14.9. The summed E-state index contributed by atoms with van der Waals surface area (Å²) in [6.45, 7) is 10.9. The molecule has 1 aromatic rings. The monoisotopic (exact) mass is 288 g/mol. The van der Waals surface area contributed by atoms with Crippen molar-refractivity contribution in [3.8, 4) is 5.75 Å². The predicted octanol–water partition coefficient (Wildman–Crippen LogP) is 2.95. The average Bonchev–Trinajstić information content (AvgIpc) is 2.51. The maximum Gasteiger partial charge on any atom is 0.125 e. The zero-order valence-corrected chi connectivity index (χ0v) is 13.5. The van der Waals surface area contributed by atoms with Crippen molar-refractivity contribution < 1.29 is 9.64 Å². The second kappa shape index (κ2) is 8.89. The van der Waals surface area contributed by atoms with Gasteiger partial charge in [-0.15, -0.1) is 6.58 Å². The van der Waals surface area contributed by atoms with E-state index in [9.17, 15) is 0 Å². The van der Waals surface area contributed by atoms with Gasteiger partial charge in [0.1, 0.15) is 5.75 Å². The van der Waals surface area contributed by atoms with E-state index in [1.54, 1.807) is 4.90 Å². The lowest BCUT2D eigenvalue weighted by Crippen LogP contribution is -3.12. The lowest BCUT2D eigenvalue weighted by molar-refractivity contribution is -0.905. The third-order valence-corrected chi connectivity index (χ3v) is 4.39. The molecule has 0 radical (unpaired) electrons. The molecule has 21 heavy (non-hydrogen) atoms. The van der Waals surface area contributed by atoms with Crippen LogP contribution in [0, 0.1) is 6.92 Å². The molecule has 1 fully saturated rings. The van der Waals surface area contributed by atoms with Gasteiger partial charge in [0.2, 0.25) is 0 Å². The highest BCUT2D eigenvalue weighted by atomic mass is 16.5. The summed E-state index contributed by atoms with van der Waals surface area (Å²) >= 11 is 0. The van der Waals surface area contributed by atoms with Gasteiger partial charge < -0.3 is 9.64 Å². The molecule has 0 saturated carbocycles. The third kappa shape index (κ3) is 5.20. The van der Waals surface area contributed by atoms with Gasteiger partial charge in [0.15, 0.2) is 0 Å². The normalized spacial score (nSPS) is 15.9. The Morgan fingerprint density at radius 1 is 1.19 bits per heavy atom. The van der Waals surface area contributed by atoms with Gasteiger partial charge in [-0.2, -0.15) is 0 Å². The largest absolute Gasteiger partial charge is 0.493 e. The van der Waals surface area contributed by atoms with Crippen molar-refractivity contribution in [2.45, 2.75) is 45.4 Å².